The van der Waals surface area contributed by atoms with E-state index in [2.05, 4.69) is 27.0 Å². The zero-order valence-electron chi connectivity index (χ0n) is 18.6. The van der Waals surface area contributed by atoms with Crippen molar-refractivity contribution < 1.29 is 4.39 Å². The van der Waals surface area contributed by atoms with Crippen LogP contribution in [0.15, 0.2) is 74.2 Å². The molecule has 1 N–H and O–H groups in total. The Morgan fingerprint density at radius 1 is 1.06 bits per heavy atom. The molecule has 0 spiro atoms. The van der Waals surface area contributed by atoms with Gasteiger partial charge in [-0.3, -0.25) is 14.3 Å². The summed E-state index contributed by atoms with van der Waals surface area (Å²) < 4.78 is 18.9. The minimum absolute atomic E-state index is 0.246. The summed E-state index contributed by atoms with van der Waals surface area (Å²) in [5.74, 6) is -0.104. The maximum absolute atomic E-state index is 14.9. The molecule has 1 aliphatic rings. The number of aromatic nitrogens is 4. The molecule has 34 heavy (non-hydrogen) atoms. The SMILES string of the molecule is O=c1[nH]c(=O)n(Cc2ccccc2)c2nc(-c3cc(Br)ccc3F)n(CCC3=CCCCC3)c12. The molecule has 8 heteroatoms. The first kappa shape index (κ1) is 22.5. The quantitative estimate of drug-likeness (QED) is 0.345. The lowest BCUT2D eigenvalue weighted by Gasteiger charge is -2.15. The van der Waals surface area contributed by atoms with Gasteiger partial charge in [-0.15, -0.1) is 0 Å². The minimum atomic E-state index is -0.540. The van der Waals surface area contributed by atoms with Crippen LogP contribution >= 0.6 is 15.9 Å². The smallest absolute Gasteiger partial charge is 0.318 e. The van der Waals surface area contributed by atoms with Gasteiger partial charge >= 0.3 is 5.69 Å². The number of allylic oxidation sites excluding steroid dienone is 2. The third kappa shape index (κ3) is 4.42. The van der Waals surface area contributed by atoms with E-state index in [0.717, 1.165) is 31.2 Å². The molecule has 1 aliphatic carbocycles. The highest BCUT2D eigenvalue weighted by Crippen LogP contribution is 2.29. The maximum atomic E-state index is 14.9. The Morgan fingerprint density at radius 2 is 1.88 bits per heavy atom. The Labute approximate surface area is 203 Å². The van der Waals surface area contributed by atoms with E-state index in [1.807, 2.05) is 30.3 Å². The molecule has 0 bridgehead atoms. The molecule has 2 heterocycles. The lowest BCUT2D eigenvalue weighted by Crippen LogP contribution is -2.31. The number of nitrogens with zero attached hydrogens (tertiary/aromatic N) is 3. The molecule has 2 aromatic carbocycles. The van der Waals surface area contributed by atoms with Crippen molar-refractivity contribution >= 4 is 27.1 Å². The highest BCUT2D eigenvalue weighted by atomic mass is 79.9. The van der Waals surface area contributed by atoms with Crippen LogP contribution in [0, 0.1) is 5.82 Å². The first-order valence-corrected chi connectivity index (χ1v) is 12.2. The normalized spacial score (nSPS) is 13.9. The van der Waals surface area contributed by atoms with E-state index < -0.39 is 17.1 Å². The number of rotatable bonds is 6. The van der Waals surface area contributed by atoms with Crippen LogP contribution in [0.4, 0.5) is 4.39 Å². The van der Waals surface area contributed by atoms with Crippen LogP contribution in [0.1, 0.15) is 37.7 Å². The monoisotopic (exact) mass is 522 g/mol. The molecule has 0 atom stereocenters. The molecule has 0 unspecified atom stereocenters. The summed E-state index contributed by atoms with van der Waals surface area (Å²) in [5.41, 5.74) is 1.99. The predicted molar refractivity (Wildman–Crippen MR) is 134 cm³/mol. The van der Waals surface area contributed by atoms with Gasteiger partial charge in [-0.2, -0.15) is 0 Å². The maximum Gasteiger partial charge on any atom is 0.330 e. The first-order valence-electron chi connectivity index (χ1n) is 11.4. The van der Waals surface area contributed by atoms with Gasteiger partial charge in [-0.1, -0.05) is 57.9 Å². The van der Waals surface area contributed by atoms with Gasteiger partial charge in [0.05, 0.1) is 12.1 Å². The van der Waals surface area contributed by atoms with Crippen molar-refractivity contribution in [2.45, 2.75) is 45.2 Å². The molecule has 0 amide bonds. The van der Waals surface area contributed by atoms with Crippen LogP contribution in [0.5, 0.6) is 0 Å². The fourth-order valence-electron chi connectivity index (χ4n) is 4.56. The second kappa shape index (κ2) is 9.54. The summed E-state index contributed by atoms with van der Waals surface area (Å²) in [5, 5.41) is 0. The number of hydrogen-bond donors (Lipinski definition) is 1. The van der Waals surface area contributed by atoms with Crippen molar-refractivity contribution in [3.63, 3.8) is 0 Å². The molecule has 0 aliphatic heterocycles. The molecular weight excluding hydrogens is 499 g/mol. The average molecular weight is 523 g/mol. The van der Waals surface area contributed by atoms with Gasteiger partial charge in [-0.25, -0.2) is 14.2 Å². The van der Waals surface area contributed by atoms with Crippen molar-refractivity contribution in [1.82, 2.24) is 19.1 Å². The third-order valence-electron chi connectivity index (χ3n) is 6.28. The highest BCUT2D eigenvalue weighted by Gasteiger charge is 2.22. The summed E-state index contributed by atoms with van der Waals surface area (Å²) in [6.45, 7) is 0.714. The fraction of sp³-hybridized carbons (Fsp3) is 0.269. The number of benzene rings is 2. The zero-order valence-corrected chi connectivity index (χ0v) is 20.1. The number of H-pyrrole nitrogens is 1. The van der Waals surface area contributed by atoms with Crippen LogP contribution in [0.25, 0.3) is 22.6 Å². The second-order valence-electron chi connectivity index (χ2n) is 8.57. The van der Waals surface area contributed by atoms with Crippen molar-refractivity contribution in [2.24, 2.45) is 0 Å². The molecule has 2 aromatic heterocycles. The molecule has 0 saturated carbocycles. The first-order chi connectivity index (χ1) is 16.5. The molecule has 4 aromatic rings. The Balaban J connectivity index is 1.71. The summed E-state index contributed by atoms with van der Waals surface area (Å²) in [6, 6.07) is 14.1. The number of hydrogen-bond acceptors (Lipinski definition) is 3. The molecule has 6 nitrogen and oxygen atoms in total. The zero-order chi connectivity index (χ0) is 23.7. The average Bonchev–Trinajstić information content (AvgIpc) is 3.23. The summed E-state index contributed by atoms with van der Waals surface area (Å²) in [7, 11) is 0. The van der Waals surface area contributed by atoms with Gasteiger partial charge in [0, 0.05) is 11.0 Å². The van der Waals surface area contributed by atoms with Gasteiger partial charge in [0.15, 0.2) is 11.2 Å². The van der Waals surface area contributed by atoms with E-state index >= 15 is 0 Å². The van der Waals surface area contributed by atoms with Gasteiger partial charge in [-0.05, 0) is 55.9 Å². The number of imidazole rings is 1. The predicted octanol–water partition coefficient (Wildman–Crippen LogP) is 5.39. The van der Waals surface area contributed by atoms with Crippen molar-refractivity contribution in [3.05, 3.63) is 96.9 Å². The van der Waals surface area contributed by atoms with E-state index in [9.17, 15) is 14.0 Å². The number of halogens is 2. The summed E-state index contributed by atoms with van der Waals surface area (Å²) in [4.78, 5) is 33.0. The van der Waals surface area contributed by atoms with E-state index in [1.165, 1.54) is 22.6 Å². The number of aryl methyl sites for hydroxylation is 1. The molecule has 0 saturated heterocycles. The molecule has 174 valence electrons. The van der Waals surface area contributed by atoms with Crippen LogP contribution in [0.3, 0.4) is 0 Å². The molecule has 5 rings (SSSR count). The Bertz CT molecular complexity index is 1500. The van der Waals surface area contributed by atoms with Crippen molar-refractivity contribution in [1.29, 1.82) is 0 Å². The molecular formula is C26H24BrFN4O2. The number of aromatic amines is 1. The van der Waals surface area contributed by atoms with Crippen LogP contribution in [-0.4, -0.2) is 19.1 Å². The standard InChI is InChI=1S/C26H24BrFN4O2/c27-19-11-12-21(28)20(15-19)23-29-24-22(31(23)14-13-17-7-3-1-4-8-17)25(33)30-26(34)32(24)16-18-9-5-2-6-10-18/h2,5-7,9-12,15H,1,3-4,8,13-14,16H2,(H,30,33,34). The fourth-order valence-corrected chi connectivity index (χ4v) is 4.93. The van der Waals surface area contributed by atoms with Crippen LogP contribution in [-0.2, 0) is 13.1 Å². The van der Waals surface area contributed by atoms with Crippen LogP contribution < -0.4 is 11.2 Å². The van der Waals surface area contributed by atoms with Crippen LogP contribution in [0.2, 0.25) is 0 Å². The van der Waals surface area contributed by atoms with E-state index in [1.54, 1.807) is 16.7 Å². The van der Waals surface area contributed by atoms with Gasteiger partial charge in [0.1, 0.15) is 11.6 Å². The summed E-state index contributed by atoms with van der Waals surface area (Å²) in [6.07, 6.45) is 7.44. The molecule has 0 radical (unpaired) electrons. The van der Waals surface area contributed by atoms with E-state index in [-0.39, 0.29) is 23.3 Å². The number of fused-ring (bicyclic) bond motifs is 1. The Kier molecular flexibility index (Phi) is 6.32. The van der Waals surface area contributed by atoms with E-state index in [4.69, 9.17) is 4.98 Å². The van der Waals surface area contributed by atoms with Gasteiger partial charge in [0.25, 0.3) is 5.56 Å². The van der Waals surface area contributed by atoms with Gasteiger partial charge < -0.3 is 4.57 Å². The Morgan fingerprint density at radius 3 is 2.65 bits per heavy atom. The van der Waals surface area contributed by atoms with E-state index in [0.29, 0.717) is 16.8 Å². The van der Waals surface area contributed by atoms with Gasteiger partial charge in [0.2, 0.25) is 0 Å². The Hall–Kier alpha value is -3.26. The largest absolute Gasteiger partial charge is 0.330 e. The third-order valence-corrected chi connectivity index (χ3v) is 6.77. The lowest BCUT2D eigenvalue weighted by molar-refractivity contribution is 0.619. The second-order valence-corrected chi connectivity index (χ2v) is 9.49. The van der Waals surface area contributed by atoms with Crippen molar-refractivity contribution in [2.75, 3.05) is 0 Å². The van der Waals surface area contributed by atoms with Crippen molar-refractivity contribution in [3.8, 4) is 11.4 Å². The lowest BCUT2D eigenvalue weighted by atomic mass is 9.97. The topological polar surface area (TPSA) is 72.7 Å². The number of nitrogens with one attached hydrogen (secondary N) is 1. The highest BCUT2D eigenvalue weighted by molar-refractivity contribution is 9.10. The molecule has 0 fully saturated rings. The summed E-state index contributed by atoms with van der Waals surface area (Å²) >= 11 is 3.41. The minimum Gasteiger partial charge on any atom is -0.318 e.